The van der Waals surface area contributed by atoms with E-state index >= 15 is 0 Å². The Morgan fingerprint density at radius 3 is 2.93 bits per heavy atom. The average molecular weight is 226 g/mol. The molecule has 1 amide bonds. The molecule has 82 valence electrons. The molecule has 2 rings (SSSR count). The number of aromatic nitrogens is 2. The third-order valence-corrected chi connectivity index (χ3v) is 3.40. The largest absolute Gasteiger partial charge is 0.374 e. The molecule has 1 fully saturated rings. The second-order valence-electron chi connectivity index (χ2n) is 3.97. The normalized spacial score (nSPS) is 17.4. The molecule has 0 aliphatic heterocycles. The molecule has 0 spiro atoms. The Labute approximate surface area is 92.1 Å². The monoisotopic (exact) mass is 226 g/mol. The molecule has 15 heavy (non-hydrogen) atoms. The fraction of sp³-hybridized carbons (Fsp3) is 0.667. The van der Waals surface area contributed by atoms with Crippen LogP contribution in [0.15, 0.2) is 0 Å². The van der Waals surface area contributed by atoms with Gasteiger partial charge in [-0.25, -0.2) is 0 Å². The number of rotatable bonds is 4. The fourth-order valence-corrected chi connectivity index (χ4v) is 2.01. The van der Waals surface area contributed by atoms with Gasteiger partial charge in [0.2, 0.25) is 10.1 Å². The fourth-order valence-electron chi connectivity index (χ4n) is 1.49. The van der Waals surface area contributed by atoms with Crippen molar-refractivity contribution < 1.29 is 4.79 Å². The summed E-state index contributed by atoms with van der Waals surface area (Å²) < 4.78 is 0. The number of amides is 1. The molecule has 3 N–H and O–H groups in total. The van der Waals surface area contributed by atoms with Crippen LogP contribution in [0.25, 0.3) is 0 Å². The van der Waals surface area contributed by atoms with E-state index in [0.29, 0.717) is 22.6 Å². The quantitative estimate of drug-likeness (QED) is 0.799. The molecule has 0 saturated heterocycles. The molecule has 1 aliphatic carbocycles. The summed E-state index contributed by atoms with van der Waals surface area (Å²) in [5.41, 5.74) is 5.40. The molecule has 1 unspecified atom stereocenters. The third-order valence-electron chi connectivity index (χ3n) is 2.65. The number of carbonyl (C=O) groups excluding carboxylic acids is 1. The number of nitrogens with two attached hydrogens (primary N) is 1. The van der Waals surface area contributed by atoms with Gasteiger partial charge in [0.25, 0.3) is 5.91 Å². The summed E-state index contributed by atoms with van der Waals surface area (Å²) in [6, 6.07) is 0. The SMILES string of the molecule is CC(CNC(=O)c1nnc(N)s1)C1CC1. The van der Waals surface area contributed by atoms with Gasteiger partial charge in [0, 0.05) is 6.54 Å². The summed E-state index contributed by atoms with van der Waals surface area (Å²) in [7, 11) is 0. The molecular formula is C9H14N4OS. The maximum absolute atomic E-state index is 11.5. The minimum atomic E-state index is -0.170. The van der Waals surface area contributed by atoms with Crippen molar-refractivity contribution in [3.05, 3.63) is 5.01 Å². The van der Waals surface area contributed by atoms with Gasteiger partial charge in [0.15, 0.2) is 0 Å². The van der Waals surface area contributed by atoms with E-state index in [4.69, 9.17) is 5.73 Å². The van der Waals surface area contributed by atoms with Crippen molar-refractivity contribution in [1.82, 2.24) is 15.5 Å². The first-order chi connectivity index (χ1) is 7.16. The van der Waals surface area contributed by atoms with E-state index in [2.05, 4.69) is 22.4 Å². The van der Waals surface area contributed by atoms with Gasteiger partial charge in [0.05, 0.1) is 0 Å². The van der Waals surface area contributed by atoms with Gasteiger partial charge in [0.1, 0.15) is 0 Å². The van der Waals surface area contributed by atoms with Crippen LogP contribution in [-0.2, 0) is 0 Å². The number of anilines is 1. The van der Waals surface area contributed by atoms with Crippen molar-refractivity contribution in [2.24, 2.45) is 11.8 Å². The maximum Gasteiger partial charge on any atom is 0.282 e. The summed E-state index contributed by atoms with van der Waals surface area (Å²) in [4.78, 5) is 11.5. The highest BCUT2D eigenvalue weighted by molar-refractivity contribution is 7.16. The van der Waals surface area contributed by atoms with Gasteiger partial charge in [-0.1, -0.05) is 18.3 Å². The van der Waals surface area contributed by atoms with Gasteiger partial charge < -0.3 is 11.1 Å². The van der Waals surface area contributed by atoms with Crippen LogP contribution in [0.5, 0.6) is 0 Å². The molecule has 1 aliphatic rings. The van der Waals surface area contributed by atoms with Crippen molar-refractivity contribution in [3.8, 4) is 0 Å². The van der Waals surface area contributed by atoms with Gasteiger partial charge in [-0.3, -0.25) is 4.79 Å². The predicted molar refractivity (Wildman–Crippen MR) is 58.5 cm³/mol. The molecule has 0 radical (unpaired) electrons. The zero-order valence-electron chi connectivity index (χ0n) is 8.56. The van der Waals surface area contributed by atoms with E-state index in [1.807, 2.05) is 0 Å². The first kappa shape index (κ1) is 10.4. The summed E-state index contributed by atoms with van der Waals surface area (Å²) in [6.07, 6.45) is 2.59. The lowest BCUT2D eigenvalue weighted by molar-refractivity contribution is 0.0945. The molecule has 1 saturated carbocycles. The zero-order valence-corrected chi connectivity index (χ0v) is 9.38. The number of nitrogens with one attached hydrogen (secondary N) is 1. The molecule has 1 aromatic heterocycles. The number of nitrogen functional groups attached to an aromatic ring is 1. The maximum atomic E-state index is 11.5. The Bertz CT molecular complexity index is 361. The summed E-state index contributed by atoms with van der Waals surface area (Å²) in [5, 5.41) is 10.8. The third kappa shape index (κ3) is 2.65. The van der Waals surface area contributed by atoms with Crippen LogP contribution in [0.4, 0.5) is 5.13 Å². The van der Waals surface area contributed by atoms with Gasteiger partial charge >= 0.3 is 0 Å². The van der Waals surface area contributed by atoms with Crippen LogP contribution in [-0.4, -0.2) is 22.6 Å². The van der Waals surface area contributed by atoms with E-state index in [-0.39, 0.29) is 5.91 Å². The van der Waals surface area contributed by atoms with Crippen molar-refractivity contribution in [3.63, 3.8) is 0 Å². The van der Waals surface area contributed by atoms with Crippen LogP contribution in [0.2, 0.25) is 0 Å². The minimum Gasteiger partial charge on any atom is -0.374 e. The van der Waals surface area contributed by atoms with Crippen LogP contribution >= 0.6 is 11.3 Å². The van der Waals surface area contributed by atoms with E-state index in [1.54, 1.807) is 0 Å². The highest BCUT2D eigenvalue weighted by Gasteiger charge is 2.28. The highest BCUT2D eigenvalue weighted by atomic mass is 32.1. The predicted octanol–water partition coefficient (Wildman–Crippen LogP) is 0.896. The molecule has 1 heterocycles. The van der Waals surface area contributed by atoms with Crippen LogP contribution < -0.4 is 11.1 Å². The smallest absolute Gasteiger partial charge is 0.282 e. The molecular weight excluding hydrogens is 212 g/mol. The number of hydrogen-bond donors (Lipinski definition) is 2. The molecule has 5 nitrogen and oxygen atoms in total. The van der Waals surface area contributed by atoms with Crippen molar-refractivity contribution in [1.29, 1.82) is 0 Å². The van der Waals surface area contributed by atoms with Crippen LogP contribution in [0.3, 0.4) is 0 Å². The van der Waals surface area contributed by atoms with Crippen molar-refractivity contribution >= 4 is 22.4 Å². The van der Waals surface area contributed by atoms with Gasteiger partial charge in [-0.15, -0.1) is 10.2 Å². The topological polar surface area (TPSA) is 80.9 Å². The average Bonchev–Trinajstić information content (AvgIpc) is 2.97. The Morgan fingerprint density at radius 2 is 2.40 bits per heavy atom. The standard InChI is InChI=1S/C9H14N4OS/c1-5(6-2-3-6)4-11-7(14)8-12-13-9(10)15-8/h5-6H,2-4H2,1H3,(H2,10,13)(H,11,14). The second-order valence-corrected chi connectivity index (χ2v) is 4.98. The van der Waals surface area contributed by atoms with Gasteiger partial charge in [-0.2, -0.15) is 0 Å². The molecule has 0 bridgehead atoms. The van der Waals surface area contributed by atoms with E-state index in [0.717, 1.165) is 17.3 Å². The first-order valence-corrected chi connectivity index (χ1v) is 5.85. The minimum absolute atomic E-state index is 0.170. The number of hydrogen-bond acceptors (Lipinski definition) is 5. The summed E-state index contributed by atoms with van der Waals surface area (Å²) >= 11 is 1.12. The van der Waals surface area contributed by atoms with E-state index in [9.17, 15) is 4.79 Å². The molecule has 0 aromatic carbocycles. The lowest BCUT2D eigenvalue weighted by Crippen LogP contribution is -2.28. The lowest BCUT2D eigenvalue weighted by atomic mass is 10.1. The highest BCUT2D eigenvalue weighted by Crippen LogP contribution is 2.36. The number of nitrogens with zero attached hydrogens (tertiary/aromatic N) is 2. The molecule has 6 heteroatoms. The van der Waals surface area contributed by atoms with Crippen LogP contribution in [0.1, 0.15) is 29.6 Å². The van der Waals surface area contributed by atoms with Crippen molar-refractivity contribution in [2.75, 3.05) is 12.3 Å². The number of carbonyl (C=O) groups is 1. The Kier molecular flexibility index (Phi) is 2.86. The Hall–Kier alpha value is -1.17. The zero-order chi connectivity index (χ0) is 10.8. The van der Waals surface area contributed by atoms with Crippen molar-refractivity contribution in [2.45, 2.75) is 19.8 Å². The second kappa shape index (κ2) is 4.14. The van der Waals surface area contributed by atoms with E-state index < -0.39 is 0 Å². The summed E-state index contributed by atoms with van der Waals surface area (Å²) in [6.45, 7) is 2.87. The lowest BCUT2D eigenvalue weighted by Gasteiger charge is -2.09. The van der Waals surface area contributed by atoms with Gasteiger partial charge in [-0.05, 0) is 24.7 Å². The van der Waals surface area contributed by atoms with E-state index in [1.165, 1.54) is 12.8 Å². The first-order valence-electron chi connectivity index (χ1n) is 5.04. The molecule has 1 aromatic rings. The molecule has 1 atom stereocenters. The Morgan fingerprint density at radius 1 is 1.67 bits per heavy atom. The summed E-state index contributed by atoms with van der Waals surface area (Å²) in [5.74, 6) is 1.18. The Balaban J connectivity index is 1.81. The van der Waals surface area contributed by atoms with Crippen LogP contribution in [0, 0.1) is 11.8 Å².